The molecule has 0 unspecified atom stereocenters. The van der Waals surface area contributed by atoms with E-state index in [-0.39, 0.29) is 5.95 Å². The van der Waals surface area contributed by atoms with Crippen molar-refractivity contribution in [1.29, 1.82) is 0 Å². The minimum Gasteiger partial charge on any atom is -0.497 e. The summed E-state index contributed by atoms with van der Waals surface area (Å²) < 4.78 is 6.07. The van der Waals surface area contributed by atoms with Crippen molar-refractivity contribution in [2.45, 2.75) is 0 Å². The van der Waals surface area contributed by atoms with E-state index in [2.05, 4.69) is 36.6 Å². The van der Waals surface area contributed by atoms with E-state index >= 15 is 0 Å². The van der Waals surface area contributed by atoms with Gasteiger partial charge in [-0.2, -0.15) is 9.97 Å². The van der Waals surface area contributed by atoms with Gasteiger partial charge in [0.05, 0.1) is 7.11 Å². The Hall–Kier alpha value is -2.06. The first-order chi connectivity index (χ1) is 9.10. The van der Waals surface area contributed by atoms with Gasteiger partial charge in [-0.3, -0.25) is 0 Å². The maximum Gasteiger partial charge on any atom is 0.223 e. The summed E-state index contributed by atoms with van der Waals surface area (Å²) in [5.74, 6) is 7.10. The van der Waals surface area contributed by atoms with Crippen LogP contribution >= 0.6 is 15.9 Å². The molecule has 0 saturated carbocycles. The predicted molar refractivity (Wildman–Crippen MR) is 78.2 cm³/mol. The van der Waals surface area contributed by atoms with Crippen LogP contribution in [0.3, 0.4) is 0 Å². The number of benzene rings is 1. The molecule has 0 saturated heterocycles. The second-order valence-corrected chi connectivity index (χ2v) is 4.56. The molecule has 0 radical (unpaired) electrons. The van der Waals surface area contributed by atoms with Crippen molar-refractivity contribution in [2.24, 2.45) is 5.84 Å². The van der Waals surface area contributed by atoms with Gasteiger partial charge in [0, 0.05) is 22.3 Å². The third kappa shape index (κ3) is 3.46. The molecule has 1 aromatic carbocycles. The van der Waals surface area contributed by atoms with Crippen LogP contribution in [0.4, 0.5) is 23.3 Å². The lowest BCUT2D eigenvalue weighted by Gasteiger charge is -2.10. The molecule has 2 aromatic rings. The van der Waals surface area contributed by atoms with Crippen molar-refractivity contribution < 1.29 is 4.74 Å². The number of hydrazine groups is 1. The van der Waals surface area contributed by atoms with Crippen molar-refractivity contribution in [3.8, 4) is 5.75 Å². The Kier molecular flexibility index (Phi) is 4.03. The lowest BCUT2D eigenvalue weighted by atomic mass is 10.3. The maximum absolute atomic E-state index is 5.58. The molecule has 8 heteroatoms. The fourth-order valence-corrected chi connectivity index (χ4v) is 1.98. The molecule has 0 amide bonds. The average molecular weight is 325 g/mol. The molecule has 0 fully saturated rings. The number of anilines is 4. The van der Waals surface area contributed by atoms with Gasteiger partial charge in [0.1, 0.15) is 17.4 Å². The molecule has 0 aliphatic rings. The highest BCUT2D eigenvalue weighted by Crippen LogP contribution is 2.27. The van der Waals surface area contributed by atoms with Gasteiger partial charge in [-0.1, -0.05) is 15.9 Å². The molecule has 6 N–H and O–H groups in total. The van der Waals surface area contributed by atoms with E-state index in [9.17, 15) is 0 Å². The van der Waals surface area contributed by atoms with Crippen LogP contribution in [-0.2, 0) is 0 Å². The molecule has 19 heavy (non-hydrogen) atoms. The van der Waals surface area contributed by atoms with Gasteiger partial charge in [0.15, 0.2) is 0 Å². The molecule has 7 nitrogen and oxygen atoms in total. The second-order valence-electron chi connectivity index (χ2n) is 3.65. The van der Waals surface area contributed by atoms with Gasteiger partial charge in [-0.25, -0.2) is 5.84 Å². The highest BCUT2D eigenvalue weighted by Gasteiger charge is 2.04. The van der Waals surface area contributed by atoms with Crippen molar-refractivity contribution >= 4 is 39.2 Å². The van der Waals surface area contributed by atoms with E-state index in [0.29, 0.717) is 11.6 Å². The van der Waals surface area contributed by atoms with E-state index in [0.717, 1.165) is 15.9 Å². The SMILES string of the molecule is COc1cc(Br)cc(Nc2cc(NN)nc(N)n2)c1. The highest BCUT2D eigenvalue weighted by atomic mass is 79.9. The standard InChI is InChI=1S/C11H13BrN6O/c1-19-8-3-6(12)2-7(4-8)15-9-5-10(18-14)17-11(13)16-9/h2-5H,14H2,1H3,(H4,13,15,16,17,18). The van der Waals surface area contributed by atoms with E-state index in [1.54, 1.807) is 13.2 Å². The minimum atomic E-state index is 0.125. The first-order valence-corrected chi connectivity index (χ1v) is 6.13. The van der Waals surface area contributed by atoms with Crippen LogP contribution in [-0.4, -0.2) is 17.1 Å². The molecule has 0 bridgehead atoms. The predicted octanol–water partition coefficient (Wildman–Crippen LogP) is 1.86. The molecule has 1 heterocycles. The molecule has 0 atom stereocenters. The number of hydrogen-bond acceptors (Lipinski definition) is 7. The molecule has 1 aromatic heterocycles. The van der Waals surface area contributed by atoms with Crippen molar-refractivity contribution in [1.82, 2.24) is 9.97 Å². The Morgan fingerprint density at radius 1 is 1.16 bits per heavy atom. The van der Waals surface area contributed by atoms with Gasteiger partial charge >= 0.3 is 0 Å². The van der Waals surface area contributed by atoms with E-state index < -0.39 is 0 Å². The summed E-state index contributed by atoms with van der Waals surface area (Å²) in [7, 11) is 1.60. The summed E-state index contributed by atoms with van der Waals surface area (Å²) in [5.41, 5.74) is 8.80. The van der Waals surface area contributed by atoms with Gasteiger partial charge in [-0.15, -0.1) is 0 Å². The number of nitrogen functional groups attached to an aromatic ring is 2. The third-order valence-corrected chi connectivity index (χ3v) is 2.73. The number of ether oxygens (including phenoxy) is 1. The Morgan fingerprint density at radius 2 is 1.89 bits per heavy atom. The molecule has 0 spiro atoms. The number of nitrogens with two attached hydrogens (primary N) is 2. The molecular weight excluding hydrogens is 312 g/mol. The number of halogens is 1. The van der Waals surface area contributed by atoms with Crippen LogP contribution in [0.5, 0.6) is 5.75 Å². The summed E-state index contributed by atoms with van der Waals surface area (Å²) in [6.45, 7) is 0. The van der Waals surface area contributed by atoms with Gasteiger partial charge in [0.2, 0.25) is 5.95 Å². The Morgan fingerprint density at radius 3 is 2.58 bits per heavy atom. The zero-order valence-electron chi connectivity index (χ0n) is 10.1. The largest absolute Gasteiger partial charge is 0.497 e. The lowest BCUT2D eigenvalue weighted by molar-refractivity contribution is 0.415. The van der Waals surface area contributed by atoms with Crippen molar-refractivity contribution in [2.75, 3.05) is 23.6 Å². The lowest BCUT2D eigenvalue weighted by Crippen LogP contribution is -2.11. The molecular formula is C11H13BrN6O. The van der Waals surface area contributed by atoms with Crippen molar-refractivity contribution in [3.63, 3.8) is 0 Å². The van der Waals surface area contributed by atoms with Gasteiger partial charge in [0.25, 0.3) is 0 Å². The third-order valence-electron chi connectivity index (χ3n) is 2.27. The van der Waals surface area contributed by atoms with Crippen LogP contribution < -0.4 is 27.1 Å². The second kappa shape index (κ2) is 5.72. The summed E-state index contributed by atoms with van der Waals surface area (Å²) in [6, 6.07) is 7.21. The first kappa shape index (κ1) is 13.4. The Bertz CT molecular complexity index is 540. The Balaban J connectivity index is 2.30. The number of nitrogens with zero attached hydrogens (tertiary/aromatic N) is 2. The van der Waals surface area contributed by atoms with Crippen LogP contribution in [0, 0.1) is 0 Å². The monoisotopic (exact) mass is 324 g/mol. The van der Waals surface area contributed by atoms with Crippen LogP contribution in [0.2, 0.25) is 0 Å². The van der Waals surface area contributed by atoms with Crippen LogP contribution in [0.1, 0.15) is 0 Å². The summed E-state index contributed by atoms with van der Waals surface area (Å²) in [4.78, 5) is 7.97. The Labute approximate surface area is 118 Å². The number of hydrogen-bond donors (Lipinski definition) is 4. The molecule has 2 rings (SSSR count). The fourth-order valence-electron chi connectivity index (χ4n) is 1.50. The minimum absolute atomic E-state index is 0.125. The van der Waals surface area contributed by atoms with Crippen molar-refractivity contribution in [3.05, 3.63) is 28.7 Å². The number of aromatic nitrogens is 2. The normalized spacial score (nSPS) is 10.1. The van der Waals surface area contributed by atoms with Gasteiger partial charge < -0.3 is 21.2 Å². The zero-order chi connectivity index (χ0) is 13.8. The number of rotatable bonds is 4. The van der Waals surface area contributed by atoms with Gasteiger partial charge in [-0.05, 0) is 12.1 Å². The zero-order valence-corrected chi connectivity index (χ0v) is 11.7. The quantitative estimate of drug-likeness (QED) is 0.501. The number of nitrogens with one attached hydrogen (secondary N) is 2. The van der Waals surface area contributed by atoms with E-state index in [4.69, 9.17) is 16.3 Å². The maximum atomic E-state index is 5.58. The molecule has 0 aliphatic heterocycles. The summed E-state index contributed by atoms with van der Waals surface area (Å²) in [6.07, 6.45) is 0. The summed E-state index contributed by atoms with van der Waals surface area (Å²) in [5, 5.41) is 3.10. The average Bonchev–Trinajstić information content (AvgIpc) is 2.37. The van der Waals surface area contributed by atoms with Crippen LogP contribution in [0.25, 0.3) is 0 Å². The van der Waals surface area contributed by atoms with E-state index in [1.807, 2.05) is 18.2 Å². The van der Waals surface area contributed by atoms with E-state index in [1.165, 1.54) is 0 Å². The highest BCUT2D eigenvalue weighted by molar-refractivity contribution is 9.10. The molecule has 0 aliphatic carbocycles. The molecule has 100 valence electrons. The smallest absolute Gasteiger partial charge is 0.223 e. The fraction of sp³-hybridized carbons (Fsp3) is 0.0909. The van der Waals surface area contributed by atoms with Crippen LogP contribution in [0.15, 0.2) is 28.7 Å². The summed E-state index contributed by atoms with van der Waals surface area (Å²) >= 11 is 3.40. The number of methoxy groups -OCH3 is 1. The first-order valence-electron chi connectivity index (χ1n) is 5.33. The topological polar surface area (TPSA) is 111 Å².